The second-order valence-corrected chi connectivity index (χ2v) is 6.42. The highest BCUT2D eigenvalue weighted by Gasteiger charge is 2.23. The number of aryl methyl sites for hydroxylation is 2. The molecule has 20 heavy (non-hydrogen) atoms. The highest BCUT2D eigenvalue weighted by molar-refractivity contribution is 7.99. The lowest BCUT2D eigenvalue weighted by molar-refractivity contribution is -0.118. The van der Waals surface area contributed by atoms with Crippen LogP contribution in [0.1, 0.15) is 24.0 Å². The van der Waals surface area contributed by atoms with Crippen LogP contribution in [0.2, 0.25) is 0 Å². The average molecular weight is 286 g/mol. The topological polar surface area (TPSA) is 42.0 Å². The van der Waals surface area contributed by atoms with Gasteiger partial charge >= 0.3 is 0 Å². The molecule has 3 nitrogen and oxygen atoms in total. The van der Waals surface area contributed by atoms with Crippen molar-refractivity contribution in [1.82, 2.24) is 10.3 Å². The summed E-state index contributed by atoms with van der Waals surface area (Å²) in [5, 5.41) is 5.10. The summed E-state index contributed by atoms with van der Waals surface area (Å²) in [6.45, 7) is 4.16. The Morgan fingerprint density at radius 1 is 1.35 bits per heavy atom. The molecule has 1 fully saturated rings. The molecule has 1 N–H and O–H groups in total. The lowest BCUT2D eigenvalue weighted by Crippen LogP contribution is -2.27. The van der Waals surface area contributed by atoms with Crippen LogP contribution in [0.4, 0.5) is 0 Å². The zero-order valence-corrected chi connectivity index (χ0v) is 12.6. The predicted molar refractivity (Wildman–Crippen MR) is 83.1 cm³/mol. The van der Waals surface area contributed by atoms with Crippen LogP contribution >= 0.6 is 11.8 Å². The summed E-state index contributed by atoms with van der Waals surface area (Å²) < 4.78 is 0. The summed E-state index contributed by atoms with van der Waals surface area (Å²) >= 11 is 1.51. The molecule has 4 heteroatoms. The zero-order valence-electron chi connectivity index (χ0n) is 11.8. The van der Waals surface area contributed by atoms with Crippen molar-refractivity contribution >= 4 is 28.6 Å². The van der Waals surface area contributed by atoms with Gasteiger partial charge < -0.3 is 5.32 Å². The Morgan fingerprint density at radius 3 is 2.90 bits per heavy atom. The molecule has 3 rings (SSSR count). The van der Waals surface area contributed by atoms with Crippen LogP contribution in [0, 0.1) is 13.8 Å². The number of fused-ring (bicyclic) bond motifs is 1. The number of nitrogens with zero attached hydrogens (tertiary/aromatic N) is 1. The fourth-order valence-corrected chi connectivity index (χ4v) is 2.98. The summed E-state index contributed by atoms with van der Waals surface area (Å²) in [5.74, 6) is 0.557. The van der Waals surface area contributed by atoms with Crippen molar-refractivity contribution in [2.45, 2.75) is 37.8 Å². The summed E-state index contributed by atoms with van der Waals surface area (Å²) in [6.07, 6.45) is 2.26. The summed E-state index contributed by atoms with van der Waals surface area (Å²) in [7, 11) is 0. The Labute approximate surface area is 123 Å². The van der Waals surface area contributed by atoms with Crippen LogP contribution in [-0.2, 0) is 4.79 Å². The van der Waals surface area contributed by atoms with Crippen LogP contribution in [0.25, 0.3) is 10.9 Å². The van der Waals surface area contributed by atoms with Crippen molar-refractivity contribution in [2.75, 3.05) is 5.75 Å². The van der Waals surface area contributed by atoms with E-state index in [1.165, 1.54) is 28.3 Å². The third-order valence-electron chi connectivity index (χ3n) is 3.44. The van der Waals surface area contributed by atoms with E-state index in [1.54, 1.807) is 0 Å². The minimum atomic E-state index is 0.112. The molecule has 0 atom stereocenters. The van der Waals surface area contributed by atoms with E-state index in [4.69, 9.17) is 0 Å². The summed E-state index contributed by atoms with van der Waals surface area (Å²) in [6, 6.07) is 8.80. The molecule has 104 valence electrons. The number of carbonyl (C=O) groups excluding carboxylic acids is 1. The van der Waals surface area contributed by atoms with Crippen molar-refractivity contribution in [2.24, 2.45) is 0 Å². The van der Waals surface area contributed by atoms with E-state index >= 15 is 0 Å². The highest BCUT2D eigenvalue weighted by Crippen LogP contribution is 2.25. The van der Waals surface area contributed by atoms with Gasteiger partial charge in [-0.25, -0.2) is 4.98 Å². The Hall–Kier alpha value is -1.55. The zero-order chi connectivity index (χ0) is 14.1. The quantitative estimate of drug-likeness (QED) is 0.877. The maximum absolute atomic E-state index is 11.7. The third-order valence-corrected chi connectivity index (χ3v) is 4.35. The first-order valence-electron chi connectivity index (χ1n) is 6.92. The van der Waals surface area contributed by atoms with E-state index in [1.807, 2.05) is 0 Å². The van der Waals surface area contributed by atoms with Gasteiger partial charge in [-0.3, -0.25) is 4.79 Å². The molecule has 0 radical (unpaired) electrons. The van der Waals surface area contributed by atoms with E-state index in [-0.39, 0.29) is 5.91 Å². The maximum Gasteiger partial charge on any atom is 0.230 e. The average Bonchev–Trinajstić information content (AvgIpc) is 3.19. The van der Waals surface area contributed by atoms with Gasteiger partial charge in [0, 0.05) is 11.4 Å². The molecule has 0 spiro atoms. The van der Waals surface area contributed by atoms with Gasteiger partial charge in [-0.05, 0) is 49.9 Å². The number of aromatic nitrogens is 1. The predicted octanol–water partition coefficient (Wildman–Crippen LogP) is 3.22. The number of amides is 1. The number of carbonyl (C=O) groups is 1. The smallest absolute Gasteiger partial charge is 0.230 e. The molecule has 2 aromatic rings. The molecule has 1 aliphatic rings. The molecule has 1 saturated carbocycles. The SMILES string of the molecule is Cc1ccc2c(C)cc(SCC(=O)NC3CC3)nc2c1. The van der Waals surface area contributed by atoms with Gasteiger partial charge in [0.15, 0.2) is 0 Å². The van der Waals surface area contributed by atoms with Crippen molar-refractivity contribution in [3.05, 3.63) is 35.4 Å². The van der Waals surface area contributed by atoms with Gasteiger partial charge in [0.1, 0.15) is 0 Å². The second-order valence-electron chi connectivity index (χ2n) is 5.43. The summed E-state index contributed by atoms with van der Waals surface area (Å²) in [5.41, 5.74) is 3.42. The van der Waals surface area contributed by atoms with Gasteiger partial charge in [-0.15, -0.1) is 0 Å². The number of benzene rings is 1. The van der Waals surface area contributed by atoms with Crippen LogP contribution in [-0.4, -0.2) is 22.7 Å². The van der Waals surface area contributed by atoms with Crippen molar-refractivity contribution in [3.63, 3.8) is 0 Å². The van der Waals surface area contributed by atoms with E-state index in [0.29, 0.717) is 11.8 Å². The standard InChI is InChI=1S/C16H18N2OS/c1-10-3-6-13-11(2)8-16(18-14(13)7-10)20-9-15(19)17-12-4-5-12/h3,6-8,12H,4-5,9H2,1-2H3,(H,17,19). The number of thioether (sulfide) groups is 1. The van der Waals surface area contributed by atoms with E-state index < -0.39 is 0 Å². The highest BCUT2D eigenvalue weighted by atomic mass is 32.2. The lowest BCUT2D eigenvalue weighted by atomic mass is 10.1. The van der Waals surface area contributed by atoms with Gasteiger partial charge in [0.2, 0.25) is 5.91 Å². The Kier molecular flexibility index (Phi) is 3.66. The number of rotatable bonds is 4. The van der Waals surface area contributed by atoms with Gasteiger partial charge in [0.25, 0.3) is 0 Å². The minimum absolute atomic E-state index is 0.112. The first-order chi connectivity index (χ1) is 9.61. The Balaban J connectivity index is 1.75. The molecule has 1 aliphatic carbocycles. The number of pyridine rings is 1. The molecule has 0 unspecified atom stereocenters. The first kappa shape index (κ1) is 13.4. The molecular formula is C16H18N2OS. The minimum Gasteiger partial charge on any atom is -0.353 e. The first-order valence-corrected chi connectivity index (χ1v) is 7.90. The fourth-order valence-electron chi connectivity index (χ4n) is 2.19. The third kappa shape index (κ3) is 3.12. The molecule has 1 aromatic heterocycles. The maximum atomic E-state index is 11.7. The van der Waals surface area contributed by atoms with E-state index in [9.17, 15) is 4.79 Å². The Bertz CT molecular complexity index is 665. The van der Waals surface area contributed by atoms with Crippen molar-refractivity contribution in [3.8, 4) is 0 Å². The second kappa shape index (κ2) is 5.44. The van der Waals surface area contributed by atoms with Gasteiger partial charge in [-0.2, -0.15) is 0 Å². The molecule has 1 aromatic carbocycles. The summed E-state index contributed by atoms with van der Waals surface area (Å²) in [4.78, 5) is 16.4. The molecule has 0 saturated heterocycles. The monoisotopic (exact) mass is 286 g/mol. The number of hydrogen-bond donors (Lipinski definition) is 1. The van der Waals surface area contributed by atoms with Crippen molar-refractivity contribution in [1.29, 1.82) is 0 Å². The van der Waals surface area contributed by atoms with Crippen LogP contribution < -0.4 is 5.32 Å². The van der Waals surface area contributed by atoms with Crippen LogP contribution in [0.15, 0.2) is 29.3 Å². The molecule has 0 bridgehead atoms. The molecule has 0 aliphatic heterocycles. The molecule has 1 amide bonds. The lowest BCUT2D eigenvalue weighted by Gasteiger charge is -2.07. The normalized spacial score (nSPS) is 14.5. The van der Waals surface area contributed by atoms with E-state index in [0.717, 1.165) is 23.4 Å². The largest absolute Gasteiger partial charge is 0.353 e. The number of hydrogen-bond acceptors (Lipinski definition) is 3. The number of nitrogens with one attached hydrogen (secondary N) is 1. The van der Waals surface area contributed by atoms with Crippen LogP contribution in [0.5, 0.6) is 0 Å². The Morgan fingerprint density at radius 2 is 2.15 bits per heavy atom. The molecular weight excluding hydrogens is 268 g/mol. The van der Waals surface area contributed by atoms with Gasteiger partial charge in [0.05, 0.1) is 16.3 Å². The van der Waals surface area contributed by atoms with Gasteiger partial charge in [-0.1, -0.05) is 23.9 Å². The molecule has 1 heterocycles. The van der Waals surface area contributed by atoms with E-state index in [2.05, 4.69) is 48.4 Å². The van der Waals surface area contributed by atoms with Crippen LogP contribution in [0.3, 0.4) is 0 Å². The fraction of sp³-hybridized carbons (Fsp3) is 0.375. The van der Waals surface area contributed by atoms with Crippen molar-refractivity contribution < 1.29 is 4.79 Å².